The van der Waals surface area contributed by atoms with Crippen molar-refractivity contribution in [1.82, 2.24) is 0 Å². The molecule has 1 aliphatic rings. The van der Waals surface area contributed by atoms with E-state index in [1.165, 1.54) is 5.56 Å². The van der Waals surface area contributed by atoms with E-state index in [2.05, 4.69) is 26.0 Å². The highest BCUT2D eigenvalue weighted by Gasteiger charge is 2.57. The first-order valence-electron chi connectivity index (χ1n) is 5.32. The number of nitriles is 1. The van der Waals surface area contributed by atoms with Gasteiger partial charge < -0.3 is 5.73 Å². The Morgan fingerprint density at radius 2 is 2.07 bits per heavy atom. The molecule has 0 saturated heterocycles. The van der Waals surface area contributed by atoms with Crippen molar-refractivity contribution in [2.24, 2.45) is 17.1 Å². The molecule has 1 aliphatic carbocycles. The molecule has 15 heavy (non-hydrogen) atoms. The number of hydrogen-bond acceptors (Lipinski definition) is 2. The zero-order chi connectivity index (χ0) is 11.1. The Bertz CT molecular complexity index is 415. The predicted octanol–water partition coefficient (Wildman–Crippen LogP) is 2.26. The monoisotopic (exact) mass is 200 g/mol. The fraction of sp³-hybridized carbons (Fsp3) is 0.462. The summed E-state index contributed by atoms with van der Waals surface area (Å²) in [6.45, 7) is 5.16. The van der Waals surface area contributed by atoms with Crippen LogP contribution in [0.25, 0.3) is 0 Å². The molecule has 0 radical (unpaired) electrons. The summed E-state index contributed by atoms with van der Waals surface area (Å²) in [7, 11) is 0. The average Bonchev–Trinajstić information content (AvgIpc) is 2.80. The molecule has 1 saturated carbocycles. The summed E-state index contributed by atoms with van der Waals surface area (Å²) in [4.78, 5) is 0. The van der Waals surface area contributed by atoms with Crippen LogP contribution in [0.3, 0.4) is 0 Å². The zero-order valence-electron chi connectivity index (χ0n) is 9.20. The Balaban J connectivity index is 2.37. The summed E-state index contributed by atoms with van der Waals surface area (Å²) in [5.41, 5.74) is 7.96. The van der Waals surface area contributed by atoms with Gasteiger partial charge in [0.2, 0.25) is 0 Å². The van der Waals surface area contributed by atoms with Crippen LogP contribution < -0.4 is 5.73 Å². The molecule has 1 fully saturated rings. The van der Waals surface area contributed by atoms with E-state index < -0.39 is 0 Å². The van der Waals surface area contributed by atoms with E-state index in [-0.39, 0.29) is 5.41 Å². The molecule has 0 aromatic heterocycles. The number of nitrogens with two attached hydrogens (primary N) is 1. The van der Waals surface area contributed by atoms with Crippen LogP contribution in [0.1, 0.15) is 30.9 Å². The van der Waals surface area contributed by atoms with Crippen molar-refractivity contribution in [2.75, 3.05) is 6.54 Å². The molecule has 1 aromatic rings. The van der Waals surface area contributed by atoms with Crippen LogP contribution in [0.2, 0.25) is 0 Å². The average molecular weight is 200 g/mol. The molecule has 2 nitrogen and oxygen atoms in total. The molecular weight excluding hydrogens is 184 g/mol. The summed E-state index contributed by atoms with van der Waals surface area (Å²) in [5.74, 6) is 0.977. The third-order valence-corrected chi connectivity index (χ3v) is 3.72. The van der Waals surface area contributed by atoms with Gasteiger partial charge in [0.25, 0.3) is 0 Å². The summed E-state index contributed by atoms with van der Waals surface area (Å²) in [5, 5.41) is 9.04. The van der Waals surface area contributed by atoms with Gasteiger partial charge in [0.15, 0.2) is 0 Å². The Labute approximate surface area is 90.7 Å². The molecule has 0 spiro atoms. The molecule has 0 amide bonds. The summed E-state index contributed by atoms with van der Waals surface area (Å²) >= 11 is 0. The molecule has 2 atom stereocenters. The molecule has 0 aliphatic heterocycles. The van der Waals surface area contributed by atoms with Crippen molar-refractivity contribution < 1.29 is 0 Å². The first-order valence-corrected chi connectivity index (χ1v) is 5.32. The van der Waals surface area contributed by atoms with Crippen LogP contribution in [-0.4, -0.2) is 6.54 Å². The summed E-state index contributed by atoms with van der Waals surface area (Å²) < 4.78 is 0. The van der Waals surface area contributed by atoms with Gasteiger partial charge in [-0.2, -0.15) is 5.26 Å². The lowest BCUT2D eigenvalue weighted by Crippen LogP contribution is -2.05. The van der Waals surface area contributed by atoms with Crippen molar-refractivity contribution in [3.05, 3.63) is 35.4 Å². The lowest BCUT2D eigenvalue weighted by Gasteiger charge is -2.04. The number of nitrogens with zero attached hydrogens (tertiary/aromatic N) is 1. The van der Waals surface area contributed by atoms with Crippen molar-refractivity contribution in [3.8, 4) is 6.07 Å². The first kappa shape index (κ1) is 10.2. The Kier molecular flexibility index (Phi) is 2.28. The number of benzene rings is 1. The maximum absolute atomic E-state index is 9.04. The van der Waals surface area contributed by atoms with Crippen LogP contribution in [-0.2, 0) is 0 Å². The van der Waals surface area contributed by atoms with Crippen molar-refractivity contribution in [2.45, 2.75) is 19.8 Å². The Morgan fingerprint density at radius 1 is 1.40 bits per heavy atom. The van der Waals surface area contributed by atoms with Gasteiger partial charge in [0.1, 0.15) is 0 Å². The van der Waals surface area contributed by atoms with Crippen molar-refractivity contribution in [1.29, 1.82) is 5.26 Å². The van der Waals surface area contributed by atoms with Gasteiger partial charge in [-0.1, -0.05) is 32.0 Å². The van der Waals surface area contributed by atoms with E-state index in [0.717, 1.165) is 5.56 Å². The quantitative estimate of drug-likeness (QED) is 0.796. The van der Waals surface area contributed by atoms with E-state index in [1.54, 1.807) is 0 Å². The molecule has 0 bridgehead atoms. The minimum absolute atomic E-state index is 0.252. The fourth-order valence-corrected chi connectivity index (χ4v) is 2.67. The van der Waals surface area contributed by atoms with Crippen LogP contribution >= 0.6 is 0 Å². The van der Waals surface area contributed by atoms with Crippen LogP contribution in [0.5, 0.6) is 0 Å². The van der Waals surface area contributed by atoms with E-state index in [4.69, 9.17) is 11.0 Å². The Morgan fingerprint density at radius 3 is 2.60 bits per heavy atom. The fourth-order valence-electron chi connectivity index (χ4n) is 2.67. The van der Waals surface area contributed by atoms with E-state index in [1.807, 2.05) is 18.2 Å². The van der Waals surface area contributed by atoms with Crippen LogP contribution in [0, 0.1) is 22.7 Å². The third-order valence-electron chi connectivity index (χ3n) is 3.72. The van der Waals surface area contributed by atoms with Crippen molar-refractivity contribution in [3.63, 3.8) is 0 Å². The highest BCUT2D eigenvalue weighted by Crippen LogP contribution is 2.64. The largest absolute Gasteiger partial charge is 0.330 e. The third kappa shape index (κ3) is 1.44. The molecule has 2 N–H and O–H groups in total. The highest BCUT2D eigenvalue weighted by molar-refractivity contribution is 5.44. The van der Waals surface area contributed by atoms with Gasteiger partial charge >= 0.3 is 0 Å². The molecule has 0 heterocycles. The topological polar surface area (TPSA) is 49.8 Å². The maximum Gasteiger partial charge on any atom is 0.0994 e. The second-order valence-corrected chi connectivity index (χ2v) is 4.84. The van der Waals surface area contributed by atoms with Gasteiger partial charge in [-0.25, -0.2) is 0 Å². The SMILES string of the molecule is CC1(C)[C@@H](CN)[C@@H]1c1ccccc1C#N. The smallest absolute Gasteiger partial charge is 0.0994 e. The minimum Gasteiger partial charge on any atom is -0.330 e. The van der Waals surface area contributed by atoms with Crippen LogP contribution in [0.4, 0.5) is 0 Å². The minimum atomic E-state index is 0.252. The number of hydrogen-bond donors (Lipinski definition) is 1. The van der Waals surface area contributed by atoms with Gasteiger partial charge in [0.05, 0.1) is 11.6 Å². The molecule has 1 aromatic carbocycles. The molecule has 78 valence electrons. The van der Waals surface area contributed by atoms with E-state index >= 15 is 0 Å². The lowest BCUT2D eigenvalue weighted by atomic mass is 9.99. The Hall–Kier alpha value is -1.33. The van der Waals surface area contributed by atoms with E-state index in [0.29, 0.717) is 18.4 Å². The highest BCUT2D eigenvalue weighted by atomic mass is 14.7. The molecular formula is C13H16N2. The van der Waals surface area contributed by atoms with Gasteiger partial charge in [-0.15, -0.1) is 0 Å². The molecule has 0 unspecified atom stereocenters. The standard InChI is InChI=1S/C13H16N2/c1-13(2)11(8-15)12(13)10-6-4-3-5-9(10)7-14/h3-6,11-12H,8,15H2,1-2H3/t11-,12-/m0/s1. The van der Waals surface area contributed by atoms with Crippen LogP contribution in [0.15, 0.2) is 24.3 Å². The first-order chi connectivity index (χ1) is 7.12. The second-order valence-electron chi connectivity index (χ2n) is 4.84. The maximum atomic E-state index is 9.04. The van der Waals surface area contributed by atoms with Gasteiger partial charge in [0, 0.05) is 0 Å². The van der Waals surface area contributed by atoms with Gasteiger partial charge in [-0.05, 0) is 35.4 Å². The molecule has 2 rings (SSSR count). The normalized spacial score (nSPS) is 27.1. The predicted molar refractivity (Wildman–Crippen MR) is 60.2 cm³/mol. The zero-order valence-corrected chi connectivity index (χ0v) is 9.20. The summed E-state index contributed by atoms with van der Waals surface area (Å²) in [6.07, 6.45) is 0. The van der Waals surface area contributed by atoms with Crippen molar-refractivity contribution >= 4 is 0 Å². The molecule has 2 heteroatoms. The summed E-state index contributed by atoms with van der Waals surface area (Å²) in [6, 6.07) is 10.1. The number of rotatable bonds is 2. The van der Waals surface area contributed by atoms with E-state index in [9.17, 15) is 0 Å². The van der Waals surface area contributed by atoms with Gasteiger partial charge in [-0.3, -0.25) is 0 Å². The lowest BCUT2D eigenvalue weighted by molar-refractivity contribution is 0.558. The second kappa shape index (κ2) is 3.36.